The van der Waals surface area contributed by atoms with Crippen molar-refractivity contribution in [3.05, 3.63) is 510 Å². The molecule has 28 aromatic rings. The summed E-state index contributed by atoms with van der Waals surface area (Å²) in [5, 5.41) is 49.0. The normalized spacial score (nSPS) is 11.5. The maximum atomic E-state index is 6.25. The first-order chi connectivity index (χ1) is 73.4. The van der Waals surface area contributed by atoms with Crippen LogP contribution in [0.15, 0.2) is 527 Å². The van der Waals surface area contributed by atoms with E-state index in [9.17, 15) is 0 Å². The molecule has 16 heteroatoms. The van der Waals surface area contributed by atoms with Gasteiger partial charge in [0, 0.05) is 111 Å². The van der Waals surface area contributed by atoms with Crippen LogP contribution in [0.5, 0.6) is 0 Å². The summed E-state index contributed by atoms with van der Waals surface area (Å²) in [4.78, 5) is 4.79. The largest absolute Gasteiger partial charge is 0.416 e. The fraction of sp³-hybridized carbons (Fsp3) is 0. The van der Waals surface area contributed by atoms with Crippen molar-refractivity contribution in [2.75, 3.05) is 9.80 Å². The Labute approximate surface area is 849 Å². The van der Waals surface area contributed by atoms with Gasteiger partial charge in [-0.1, -0.05) is 297 Å². The van der Waals surface area contributed by atoms with Crippen LogP contribution in [0.4, 0.5) is 34.1 Å². The zero-order valence-corrected chi connectivity index (χ0v) is 79.5. The molecular weight excluding hydrogens is 1820 g/mol. The molecule has 0 aliphatic rings. The number of fused-ring (bicyclic) bond motifs is 10. The minimum atomic E-state index is 0.459. The Hall–Kier alpha value is -20.4. The third kappa shape index (κ3) is 15.7. The van der Waals surface area contributed by atoms with Crippen molar-refractivity contribution in [2.45, 2.75) is 0 Å². The van der Waals surface area contributed by atoms with Crippen molar-refractivity contribution in [1.29, 1.82) is 0 Å². The number of anilines is 6. The number of aromatic nitrogens is 10. The fourth-order valence-corrected chi connectivity index (χ4v) is 21.1. The van der Waals surface area contributed by atoms with E-state index >= 15 is 0 Å². The molecule has 0 atom stereocenters. The van der Waals surface area contributed by atoms with Gasteiger partial charge in [-0.15, -0.1) is 40.8 Å². The Balaban J connectivity index is 0.000000146. The molecule has 0 unspecified atom stereocenters. The third-order valence-electron chi connectivity index (χ3n) is 27.9. The molecule has 22 aromatic carbocycles. The van der Waals surface area contributed by atoms with Crippen LogP contribution in [-0.2, 0) is 0 Å². The lowest BCUT2D eigenvalue weighted by Gasteiger charge is -2.29. The highest BCUT2D eigenvalue weighted by Gasteiger charge is 2.29. The van der Waals surface area contributed by atoms with Crippen molar-refractivity contribution < 1.29 is 17.7 Å². The zero-order chi connectivity index (χ0) is 97.9. The monoisotopic (exact) mass is 1900 g/mol. The van der Waals surface area contributed by atoms with Gasteiger partial charge in [0.25, 0.3) is 0 Å². The van der Waals surface area contributed by atoms with Gasteiger partial charge in [0.1, 0.15) is 0 Å². The maximum Gasteiger partial charge on any atom is 0.248 e. The summed E-state index contributed by atoms with van der Waals surface area (Å²) in [5.41, 5.74) is 28.6. The zero-order valence-electron chi connectivity index (χ0n) is 79.5. The van der Waals surface area contributed by atoms with Gasteiger partial charge in [0.2, 0.25) is 47.1 Å². The maximum absolute atomic E-state index is 6.25. The van der Waals surface area contributed by atoms with Gasteiger partial charge < -0.3 is 36.6 Å². The highest BCUT2D eigenvalue weighted by molar-refractivity contribution is 6.26. The van der Waals surface area contributed by atoms with E-state index in [1.807, 2.05) is 121 Å². The summed E-state index contributed by atoms with van der Waals surface area (Å²) in [7, 11) is 0. The molecule has 16 nitrogen and oxygen atoms in total. The molecule has 0 aliphatic carbocycles. The van der Waals surface area contributed by atoms with Crippen LogP contribution in [0.2, 0.25) is 0 Å². The Morgan fingerprint density at radius 1 is 0.149 bits per heavy atom. The molecule has 148 heavy (non-hydrogen) atoms. The van der Waals surface area contributed by atoms with Crippen molar-refractivity contribution in [3.63, 3.8) is 0 Å². The summed E-state index contributed by atoms with van der Waals surface area (Å²) in [6.45, 7) is 0. The average Bonchev–Trinajstić information content (AvgIpc) is 1.74. The van der Waals surface area contributed by atoms with Crippen LogP contribution in [0.3, 0.4) is 0 Å². The quantitative estimate of drug-likeness (QED) is 0.0660. The second kappa shape index (κ2) is 37.3. The fourth-order valence-electron chi connectivity index (χ4n) is 21.1. The van der Waals surface area contributed by atoms with E-state index in [0.29, 0.717) is 47.1 Å². The molecule has 0 spiro atoms. The van der Waals surface area contributed by atoms with Gasteiger partial charge >= 0.3 is 0 Å². The molecule has 6 heterocycles. The van der Waals surface area contributed by atoms with Crippen molar-refractivity contribution in [1.82, 2.24) is 49.9 Å². The van der Waals surface area contributed by atoms with Gasteiger partial charge in [0.15, 0.2) is 0 Å². The number of para-hydroxylation sites is 6. The van der Waals surface area contributed by atoms with Crippen molar-refractivity contribution >= 4 is 121 Å². The van der Waals surface area contributed by atoms with Gasteiger partial charge in [0.05, 0.1) is 27.8 Å². The molecule has 696 valence electrons. The standard InChI is InChI=1S/2C66H42N6O2/c1-5-18-45(19-6-1)63-67-69-65(73-63)47-36-32-43(33-37-47)60-53-27-13-14-28-54(53)61(44-34-38-48(39-35-44)66-70-68-64(74-66)46-20-7-2-8-21-46)62-55(60)29-17-31-59(62)71(49-22-9-3-10-23-49)51-40-41-58-56(42-51)52-26-15-16-30-57(52)72(58)50-24-11-4-12-25-50;1-5-17-45(18-6-1)63-67-69-65(73-63)47-33-29-43(30-34-47)61-54-26-13-14-27-55(54)62(44-31-35-48(36-32-44)66-70-68-64(74-66)46-19-7-2-8-20-46)58-42-51(37-39-56(58)61)71(49-21-9-3-10-22-49)52-38-40-60-57(41-52)53-25-15-16-28-59(53)72(60)50-23-11-4-12-24-50/h2*1-42H. The Kier molecular flexibility index (Phi) is 21.8. The molecule has 0 fully saturated rings. The van der Waals surface area contributed by atoms with Gasteiger partial charge in [-0.2, -0.15) is 0 Å². The van der Waals surface area contributed by atoms with E-state index in [2.05, 4.69) is 448 Å². The topological polar surface area (TPSA) is 172 Å². The van der Waals surface area contributed by atoms with E-state index in [1.54, 1.807) is 0 Å². The molecule has 6 aromatic heterocycles. The van der Waals surface area contributed by atoms with Crippen LogP contribution in [0.25, 0.3) is 234 Å². The highest BCUT2D eigenvalue weighted by atomic mass is 16.4. The second-order valence-corrected chi connectivity index (χ2v) is 36.6. The van der Waals surface area contributed by atoms with Crippen molar-refractivity contribution in [2.24, 2.45) is 0 Å². The number of hydrogen-bond donors (Lipinski definition) is 0. The van der Waals surface area contributed by atoms with Gasteiger partial charge in [-0.3, -0.25) is 0 Å². The lowest BCUT2D eigenvalue weighted by molar-refractivity contribution is 0.584. The average molecular weight is 1900 g/mol. The lowest BCUT2D eigenvalue weighted by atomic mass is 9.84. The molecule has 0 N–H and O–H groups in total. The predicted octanol–water partition coefficient (Wildman–Crippen LogP) is 34.7. The van der Waals surface area contributed by atoms with Crippen LogP contribution in [-0.4, -0.2) is 49.9 Å². The van der Waals surface area contributed by atoms with E-state index in [4.69, 9.17) is 17.7 Å². The number of rotatable bonds is 20. The number of hydrogen-bond acceptors (Lipinski definition) is 14. The van der Waals surface area contributed by atoms with Gasteiger partial charge in [-0.05, 0) is 295 Å². The first-order valence-electron chi connectivity index (χ1n) is 49.2. The minimum Gasteiger partial charge on any atom is -0.416 e. The van der Waals surface area contributed by atoms with Crippen LogP contribution in [0, 0.1) is 0 Å². The molecule has 0 radical (unpaired) electrons. The molecule has 0 aliphatic heterocycles. The number of benzene rings is 22. The lowest BCUT2D eigenvalue weighted by Crippen LogP contribution is -2.11. The smallest absolute Gasteiger partial charge is 0.248 e. The highest BCUT2D eigenvalue weighted by Crippen LogP contribution is 2.54. The first-order valence-corrected chi connectivity index (χ1v) is 49.2. The van der Waals surface area contributed by atoms with E-state index in [0.717, 1.165) is 200 Å². The molecule has 0 saturated carbocycles. The summed E-state index contributed by atoms with van der Waals surface area (Å²) >= 11 is 0. The van der Waals surface area contributed by atoms with Crippen LogP contribution >= 0.6 is 0 Å². The summed E-state index contributed by atoms with van der Waals surface area (Å²) in [5.74, 6) is 3.78. The Morgan fingerprint density at radius 3 is 0.743 bits per heavy atom. The predicted molar refractivity (Wildman–Crippen MR) is 598 cm³/mol. The summed E-state index contributed by atoms with van der Waals surface area (Å²) in [6, 6.07) is 178. The van der Waals surface area contributed by atoms with Crippen LogP contribution in [0.1, 0.15) is 0 Å². The summed E-state index contributed by atoms with van der Waals surface area (Å²) < 4.78 is 29.6. The van der Waals surface area contributed by atoms with Gasteiger partial charge in [-0.25, -0.2) is 0 Å². The van der Waals surface area contributed by atoms with E-state index in [1.165, 1.54) is 21.5 Å². The summed E-state index contributed by atoms with van der Waals surface area (Å²) in [6.07, 6.45) is 0. The molecule has 0 bridgehead atoms. The molecule has 0 saturated heterocycles. The van der Waals surface area contributed by atoms with E-state index < -0.39 is 0 Å². The number of nitrogens with zero attached hydrogens (tertiary/aromatic N) is 12. The van der Waals surface area contributed by atoms with Crippen LogP contribution < -0.4 is 9.80 Å². The second-order valence-electron chi connectivity index (χ2n) is 36.6. The minimum absolute atomic E-state index is 0.459. The Bertz CT molecular complexity index is 9670. The third-order valence-corrected chi connectivity index (χ3v) is 27.9. The van der Waals surface area contributed by atoms with E-state index in [-0.39, 0.29) is 0 Å². The van der Waals surface area contributed by atoms with Crippen molar-refractivity contribution in [3.8, 4) is 148 Å². The SMILES string of the molecule is c1ccc(-c2nnc(-c3ccc(-c4c5ccccc5c(-c5ccc(-c6nnc(-c7ccccc7)o6)cc5)c5c(N(c6ccccc6)c6ccc7c(c6)c6ccccc6n7-c6ccccc6)cccc45)cc3)o2)cc1.c1ccc(-c2nnc(-c3ccc(-c4c5ccccc5c(-c5ccc(-c6nnc(-c7ccccc7)o6)cc5)c5cc(N(c6ccccc6)c6ccc7c(c6)c6ccccc6n7-c6ccccc6)ccc45)cc3)o2)cc1. The Morgan fingerprint density at radius 2 is 0.385 bits per heavy atom. The first kappa shape index (κ1) is 86.7. The molecule has 0 amide bonds. The molecule has 28 rings (SSSR count). The molecular formula is C132H84N12O4.